The molecule has 0 radical (unpaired) electrons. The van der Waals surface area contributed by atoms with Crippen LogP contribution in [0.4, 0.5) is 17.6 Å². The van der Waals surface area contributed by atoms with Crippen LogP contribution in [0.15, 0.2) is 229 Å². The number of nitrogens with zero attached hydrogens (tertiary/aromatic N) is 14. The van der Waals surface area contributed by atoms with Crippen molar-refractivity contribution in [1.29, 1.82) is 0 Å². The lowest BCUT2D eigenvalue weighted by atomic mass is 9.85. The van der Waals surface area contributed by atoms with Crippen LogP contribution >= 0.6 is 57.1 Å². The number of hydrogen-bond donors (Lipinski definition) is 7. The van der Waals surface area contributed by atoms with Crippen LogP contribution in [0.25, 0.3) is 97.0 Å². The van der Waals surface area contributed by atoms with E-state index in [1.54, 1.807) is 17.9 Å². The van der Waals surface area contributed by atoms with E-state index in [9.17, 15) is 66.2 Å². The summed E-state index contributed by atoms with van der Waals surface area (Å²) in [6.45, 7) is 8.14. The van der Waals surface area contributed by atoms with Gasteiger partial charge in [-0.25, -0.2) is 24.3 Å². The summed E-state index contributed by atoms with van der Waals surface area (Å²) in [5, 5.41) is 57.5. The Morgan fingerprint density at radius 1 is 0.517 bits per heavy atom. The van der Waals surface area contributed by atoms with E-state index in [2.05, 4.69) is 112 Å². The monoisotopic (exact) mass is 2110 g/mol. The maximum atomic E-state index is 15.2. The molecule has 18 aromatic rings. The number of carbonyl (C=O) groups excluding carboxylic acids is 9. The summed E-state index contributed by atoms with van der Waals surface area (Å²) < 4.78 is 91.2. The lowest BCUT2D eigenvalue weighted by molar-refractivity contribution is -0.137. The SMILES string of the molecule is CC(=O)NC(c1nnc(C2CCC2)o1)c1nc2ccc(-c3ccccc3)cc2s1.CC(=O)NC(c1nnc(CC2(C)NC(=O)CC2=O)o1)c1nc2ccc(-c3ccc(C(=O)N4CCOCC4)cc3)cc2s1.COc1nc(-c2nnc(C(NC(C)=O)c3nc4ccc(-c5ccccc5)cc4s3)o2)c(O)c(=O)[nH]1.O=C1CC(=O)C(Cc2nnc(C(NC(=O)c3ccc(C(F)(F)F)cc3)c3nc4c(F)cc(-c5ccccc5)cc4s3)o2)S1. The summed E-state index contributed by atoms with van der Waals surface area (Å²) in [7, 11) is 1.31. The van der Waals surface area contributed by atoms with Crippen molar-refractivity contribution in [2.75, 3.05) is 33.4 Å². The number of nitrogens with one attached hydrogen (secondary N) is 6. The zero-order valence-electron chi connectivity index (χ0n) is 79.2. The molecular weight excluding hydrogens is 2030 g/mol. The molecule has 756 valence electrons. The molecule has 3 saturated heterocycles. The Labute approximate surface area is 861 Å². The number of thioether (sulfide) groups is 1. The van der Waals surface area contributed by atoms with Crippen molar-refractivity contribution in [3.05, 3.63) is 300 Å². The Kier molecular flexibility index (Phi) is 29.6. The third-order valence-electron chi connectivity index (χ3n) is 24.3. The first-order chi connectivity index (χ1) is 71.8. The van der Waals surface area contributed by atoms with E-state index in [0.717, 1.165) is 135 Å². The number of hydrogen-bond acceptors (Lipinski definition) is 35. The van der Waals surface area contributed by atoms with E-state index in [-0.39, 0.29) is 135 Å². The zero-order chi connectivity index (χ0) is 104. The third-order valence-corrected chi connectivity index (χ3v) is 29.7. The molecule has 0 bridgehead atoms. The van der Waals surface area contributed by atoms with Crippen molar-refractivity contribution in [3.8, 4) is 67.9 Å². The molecular formula is C103H84F4N20O17S5. The number of carbonyl (C=O) groups is 9. The fourth-order valence-corrected chi connectivity index (χ4v) is 21.7. The summed E-state index contributed by atoms with van der Waals surface area (Å²) in [5.74, 6) is -2.36. The maximum absolute atomic E-state index is 15.2. The van der Waals surface area contributed by atoms with Crippen LogP contribution in [-0.2, 0) is 57.3 Å². The van der Waals surface area contributed by atoms with E-state index in [1.165, 1.54) is 74.4 Å². The number of Topliss-reactive ketones (excluding diaryl/α,β-unsaturated/α-hetero) is 2. The third kappa shape index (κ3) is 23.1. The molecule has 6 unspecified atom stereocenters. The van der Waals surface area contributed by atoms with Gasteiger partial charge in [-0.15, -0.1) is 86.1 Å². The van der Waals surface area contributed by atoms with Gasteiger partial charge in [0, 0.05) is 57.3 Å². The summed E-state index contributed by atoms with van der Waals surface area (Å²) in [4.78, 5) is 148. The molecule has 4 aliphatic rings. The maximum Gasteiger partial charge on any atom is 0.416 e. The van der Waals surface area contributed by atoms with Crippen LogP contribution in [0.3, 0.4) is 0 Å². The second-order valence-electron chi connectivity index (χ2n) is 34.9. The van der Waals surface area contributed by atoms with Gasteiger partial charge < -0.3 is 63.7 Å². The van der Waals surface area contributed by atoms with Crippen LogP contribution in [0.5, 0.6) is 11.8 Å². The number of morpholine rings is 1. The normalized spacial score (nSPS) is 16.0. The Balaban J connectivity index is 0.000000126. The molecule has 22 rings (SSSR count). The highest BCUT2D eigenvalue weighted by molar-refractivity contribution is 8.15. The van der Waals surface area contributed by atoms with Crippen LogP contribution in [0.1, 0.15) is 177 Å². The average molecular weight is 2110 g/mol. The number of aromatic amines is 1. The van der Waals surface area contributed by atoms with Crippen molar-refractivity contribution in [2.24, 2.45) is 0 Å². The molecule has 9 aromatic carbocycles. The molecule has 6 amide bonds. The number of thiazole rings is 4. The topological polar surface area (TPSA) is 509 Å². The lowest BCUT2D eigenvalue weighted by Gasteiger charge is -2.26. The lowest BCUT2D eigenvalue weighted by Crippen LogP contribution is -2.45. The highest BCUT2D eigenvalue weighted by Gasteiger charge is 2.44. The molecule has 6 atom stereocenters. The van der Waals surface area contributed by atoms with Gasteiger partial charge in [0.25, 0.3) is 29.3 Å². The van der Waals surface area contributed by atoms with Crippen LogP contribution < -0.4 is 36.9 Å². The minimum atomic E-state index is -4.58. The van der Waals surface area contributed by atoms with E-state index in [4.69, 9.17) is 37.1 Å². The van der Waals surface area contributed by atoms with Crippen molar-refractivity contribution >= 4 is 150 Å². The number of alkyl halides is 3. The average Bonchev–Trinajstić information content (AvgIpc) is 1.64. The minimum Gasteiger partial charge on any atom is -0.501 e. The van der Waals surface area contributed by atoms with E-state index < -0.39 is 69.7 Å². The first-order valence-electron chi connectivity index (χ1n) is 46.3. The summed E-state index contributed by atoms with van der Waals surface area (Å²) in [6.07, 6.45) is -1.58. The number of fused-ring (bicyclic) bond motifs is 4. The highest BCUT2D eigenvalue weighted by Crippen LogP contribution is 2.43. The van der Waals surface area contributed by atoms with E-state index >= 15 is 4.39 Å². The first kappa shape index (κ1) is 101. The molecule has 149 heavy (non-hydrogen) atoms. The predicted octanol–water partition coefficient (Wildman–Crippen LogP) is 16.5. The summed E-state index contributed by atoms with van der Waals surface area (Å²) in [6, 6.07) is 58.0. The molecule has 0 spiro atoms. The number of amides is 6. The minimum absolute atomic E-state index is 0.00528. The van der Waals surface area contributed by atoms with Gasteiger partial charge in [0.1, 0.15) is 31.1 Å². The summed E-state index contributed by atoms with van der Waals surface area (Å²) >= 11 is 6.23. The van der Waals surface area contributed by atoms with Gasteiger partial charge in [0.2, 0.25) is 70.6 Å². The fraction of sp³-hybridized carbons (Fsp3) is 0.233. The second kappa shape index (κ2) is 43.6. The second-order valence-corrected chi connectivity index (χ2v) is 40.4. The number of ether oxygens (including phenoxy) is 2. The van der Waals surface area contributed by atoms with E-state index in [1.807, 2.05) is 146 Å². The molecule has 12 heterocycles. The quantitative estimate of drug-likeness (QED) is 0.0206. The molecule has 7 N–H and O–H groups in total. The van der Waals surface area contributed by atoms with Gasteiger partial charge in [0.05, 0.1) is 85.7 Å². The van der Waals surface area contributed by atoms with E-state index in [0.29, 0.717) is 69.8 Å². The number of halogens is 4. The number of methoxy groups -OCH3 is 1. The predicted molar refractivity (Wildman–Crippen MR) is 540 cm³/mol. The standard InChI is InChI=1S/C29H18F4N4O4S2.C29H28N6O6S.C23H18N6O5S.C22H20N4O2S/c30-18-10-16(14-4-2-1-3-5-14)11-21-24(18)35-28(43-21)25(34-26(40)15-6-8-17(9-7-15)29(31,32)33)27-37-36-22(41-27)13-20-19(38)12-23(39)42-20;1-16(36)30-25(26-34-33-24(41-26)15-29(2)22(37)14-23(38)32-29)27-31-20-8-7-19(13-21(20)42-27)17-3-5-18(6-4-17)28(39)35-9-11-40-12-10-35;1-11(30)24-17(21-29-28-20(34-21)16-18(31)19(32)27-23(26-16)33-2)22-25-14-9-8-13(10-15(14)35-22)12-6-4-3-5-7-12;1-13(27)23-19(21-26-25-20(28-21)15-8-5-9-15)22-24-17-11-10-16(12-18(17)29-22)14-6-3-2-4-7-14/h1-11,20,25H,12-13H2,(H,34,40);3-8,13,25H,9-12,14-15H2,1-2H3,(H,30,36)(H,32,38);3-10,17,31H,1-2H3,(H,24,30)(H,26,27,32);2-4,6-7,10-12,15,19H,5,8-9H2,1H3,(H,23,27). The zero-order valence-corrected chi connectivity index (χ0v) is 83.2. The van der Waals surface area contributed by atoms with Crippen LogP contribution in [0.2, 0.25) is 0 Å². The smallest absolute Gasteiger partial charge is 0.416 e. The molecule has 3 aliphatic heterocycles. The molecule has 37 nitrogen and oxygen atoms in total. The van der Waals surface area contributed by atoms with Gasteiger partial charge in [-0.05, 0) is 149 Å². The van der Waals surface area contributed by atoms with Gasteiger partial charge in [-0.3, -0.25) is 52.9 Å². The van der Waals surface area contributed by atoms with Crippen LogP contribution in [-0.4, -0.2) is 177 Å². The van der Waals surface area contributed by atoms with Gasteiger partial charge in [-0.1, -0.05) is 140 Å². The van der Waals surface area contributed by atoms with Gasteiger partial charge in [-0.2, -0.15) is 18.2 Å². The largest absolute Gasteiger partial charge is 0.501 e. The Hall–Kier alpha value is -16.6. The number of aromatic hydroxyl groups is 1. The molecule has 9 aromatic heterocycles. The van der Waals surface area contributed by atoms with Crippen molar-refractivity contribution in [2.45, 2.75) is 120 Å². The molecule has 1 aliphatic carbocycles. The first-order valence-corrected chi connectivity index (χ1v) is 50.5. The number of rotatable bonds is 25. The number of H-pyrrole nitrogens is 1. The van der Waals surface area contributed by atoms with Crippen LogP contribution in [0, 0.1) is 5.82 Å². The van der Waals surface area contributed by atoms with Gasteiger partial charge >= 0.3 is 6.18 Å². The summed E-state index contributed by atoms with van der Waals surface area (Å²) in [5.41, 5.74) is 7.55. The highest BCUT2D eigenvalue weighted by atomic mass is 32.2. The van der Waals surface area contributed by atoms with Crippen molar-refractivity contribution < 1.29 is 93.0 Å². The molecule has 46 heteroatoms. The number of benzene rings is 9. The van der Waals surface area contributed by atoms with Crippen molar-refractivity contribution in [1.82, 2.24) is 102 Å². The Morgan fingerprint density at radius 3 is 1.48 bits per heavy atom. The van der Waals surface area contributed by atoms with Gasteiger partial charge in [0.15, 0.2) is 52.4 Å². The molecule has 4 fully saturated rings. The van der Waals surface area contributed by atoms with Crippen molar-refractivity contribution in [3.63, 3.8) is 0 Å². The fourth-order valence-electron chi connectivity index (χ4n) is 16.5. The Morgan fingerprint density at radius 2 is 0.980 bits per heavy atom. The number of ketones is 2. The Bertz CT molecular complexity index is 8190. The number of aromatic nitrogens is 14. The molecule has 1 saturated carbocycles.